The minimum absolute atomic E-state index is 0.0200. The first-order valence-electron chi connectivity index (χ1n) is 5.40. The van der Waals surface area contributed by atoms with Crippen LogP contribution in [0.4, 0.5) is 11.8 Å². The normalized spacial score (nSPS) is 18.9. The lowest BCUT2D eigenvalue weighted by Crippen LogP contribution is -2.47. The van der Waals surface area contributed by atoms with Gasteiger partial charge < -0.3 is 20.9 Å². The molecule has 94 valence electrons. The number of aromatic nitrogens is 2. The average Bonchev–Trinajstić information content (AvgIpc) is 2.29. The quantitative estimate of drug-likeness (QED) is 0.714. The highest BCUT2D eigenvalue weighted by molar-refractivity contribution is 9.10. The van der Waals surface area contributed by atoms with E-state index >= 15 is 0 Å². The van der Waals surface area contributed by atoms with Crippen molar-refractivity contribution in [2.75, 3.05) is 30.9 Å². The van der Waals surface area contributed by atoms with Crippen molar-refractivity contribution >= 4 is 27.7 Å². The lowest BCUT2D eigenvalue weighted by atomic mass is 9.91. The number of hydrogen-bond donors (Lipinski definition) is 3. The third-order valence-corrected chi connectivity index (χ3v) is 3.25. The van der Waals surface area contributed by atoms with Crippen molar-refractivity contribution in [3.63, 3.8) is 0 Å². The lowest BCUT2D eigenvalue weighted by Gasteiger charge is -2.36. The van der Waals surface area contributed by atoms with Gasteiger partial charge in [0.1, 0.15) is 10.4 Å². The summed E-state index contributed by atoms with van der Waals surface area (Å²) in [5, 5.41) is 12.7. The van der Waals surface area contributed by atoms with Crippen LogP contribution >= 0.6 is 15.9 Å². The number of aliphatic hydroxyl groups is 1. The molecule has 1 saturated heterocycles. The topological polar surface area (TPSA) is 93.3 Å². The van der Waals surface area contributed by atoms with Gasteiger partial charge in [0, 0.05) is 19.3 Å². The maximum Gasteiger partial charge on any atom is 0.226 e. The molecule has 1 aromatic rings. The van der Waals surface area contributed by atoms with Crippen LogP contribution in [-0.4, -0.2) is 40.4 Å². The second kappa shape index (κ2) is 5.16. The third kappa shape index (κ3) is 3.05. The van der Waals surface area contributed by atoms with E-state index in [1.807, 2.05) is 0 Å². The van der Waals surface area contributed by atoms with Gasteiger partial charge in [-0.25, -0.2) is 4.98 Å². The first kappa shape index (κ1) is 12.5. The number of nitrogens with one attached hydrogen (secondary N) is 1. The maximum atomic E-state index is 9.52. The molecule has 0 atom stereocenters. The van der Waals surface area contributed by atoms with Crippen LogP contribution in [0.3, 0.4) is 0 Å². The number of hydrogen-bond acceptors (Lipinski definition) is 6. The van der Waals surface area contributed by atoms with Crippen LogP contribution in [0.1, 0.15) is 12.8 Å². The summed E-state index contributed by atoms with van der Waals surface area (Å²) in [4.78, 5) is 8.28. The minimum Gasteiger partial charge on any atom is -0.394 e. The van der Waals surface area contributed by atoms with Crippen LogP contribution in [0.15, 0.2) is 10.7 Å². The number of halogens is 1. The molecule has 0 radical (unpaired) electrons. The van der Waals surface area contributed by atoms with E-state index in [4.69, 9.17) is 10.5 Å². The summed E-state index contributed by atoms with van der Waals surface area (Å²) < 4.78 is 5.90. The van der Waals surface area contributed by atoms with Crippen molar-refractivity contribution in [1.82, 2.24) is 9.97 Å². The molecule has 4 N–H and O–H groups in total. The summed E-state index contributed by atoms with van der Waals surface area (Å²) in [5.74, 6) is 0.808. The zero-order chi connectivity index (χ0) is 12.3. The summed E-state index contributed by atoms with van der Waals surface area (Å²) in [6, 6.07) is 1.63. The van der Waals surface area contributed by atoms with Crippen molar-refractivity contribution in [3.05, 3.63) is 10.7 Å². The molecule has 6 nitrogen and oxygen atoms in total. The van der Waals surface area contributed by atoms with Crippen LogP contribution in [0.5, 0.6) is 0 Å². The molecule has 2 heterocycles. The molecule has 1 aromatic heterocycles. The molecule has 0 aliphatic carbocycles. The standard InChI is InChI=1S/C10H15BrN4O2/c11-7-5-8(12)14-9(13-7)15-10(6-16)1-3-17-4-2-10/h5,16H,1-4,6H2,(H3,12,13,14,15). The number of ether oxygens (including phenoxy) is 1. The fourth-order valence-corrected chi connectivity index (χ4v) is 2.22. The molecular formula is C10H15BrN4O2. The van der Waals surface area contributed by atoms with Crippen molar-refractivity contribution in [2.24, 2.45) is 0 Å². The molecule has 0 bridgehead atoms. The predicted molar refractivity (Wildman–Crippen MR) is 67.6 cm³/mol. The molecule has 1 aliphatic rings. The Kier molecular flexibility index (Phi) is 3.80. The van der Waals surface area contributed by atoms with E-state index in [9.17, 15) is 5.11 Å². The Morgan fingerprint density at radius 1 is 1.47 bits per heavy atom. The zero-order valence-corrected chi connectivity index (χ0v) is 10.9. The molecule has 0 unspecified atom stereocenters. The number of anilines is 2. The van der Waals surface area contributed by atoms with E-state index in [1.165, 1.54) is 0 Å². The van der Waals surface area contributed by atoms with Crippen LogP contribution in [0.2, 0.25) is 0 Å². The highest BCUT2D eigenvalue weighted by Gasteiger charge is 2.32. The van der Waals surface area contributed by atoms with Gasteiger partial charge in [-0.1, -0.05) is 0 Å². The van der Waals surface area contributed by atoms with Crippen LogP contribution in [0, 0.1) is 0 Å². The number of nitrogens with two attached hydrogens (primary N) is 1. The van der Waals surface area contributed by atoms with Gasteiger partial charge in [0.15, 0.2) is 0 Å². The molecule has 2 rings (SSSR count). The highest BCUT2D eigenvalue weighted by Crippen LogP contribution is 2.25. The van der Waals surface area contributed by atoms with Crippen LogP contribution < -0.4 is 11.1 Å². The fraction of sp³-hybridized carbons (Fsp3) is 0.600. The smallest absolute Gasteiger partial charge is 0.226 e. The van der Waals surface area contributed by atoms with E-state index in [1.54, 1.807) is 6.07 Å². The molecule has 0 amide bonds. The Balaban J connectivity index is 2.17. The zero-order valence-electron chi connectivity index (χ0n) is 9.32. The molecule has 0 aromatic carbocycles. The monoisotopic (exact) mass is 302 g/mol. The molecule has 1 aliphatic heterocycles. The number of rotatable bonds is 3. The van der Waals surface area contributed by atoms with Gasteiger partial charge in [0.05, 0.1) is 12.1 Å². The highest BCUT2D eigenvalue weighted by atomic mass is 79.9. The van der Waals surface area contributed by atoms with E-state index in [-0.39, 0.29) is 6.61 Å². The summed E-state index contributed by atoms with van der Waals surface area (Å²) >= 11 is 3.26. The summed E-state index contributed by atoms with van der Waals surface area (Å²) in [7, 11) is 0. The van der Waals surface area contributed by atoms with E-state index in [2.05, 4.69) is 31.2 Å². The van der Waals surface area contributed by atoms with Gasteiger partial charge >= 0.3 is 0 Å². The molecule has 0 saturated carbocycles. The van der Waals surface area contributed by atoms with E-state index < -0.39 is 5.54 Å². The molecular weight excluding hydrogens is 288 g/mol. The molecule has 0 spiro atoms. The number of aliphatic hydroxyl groups excluding tert-OH is 1. The molecule has 7 heteroatoms. The van der Waals surface area contributed by atoms with Gasteiger partial charge in [0.25, 0.3) is 0 Å². The van der Waals surface area contributed by atoms with Crippen molar-refractivity contribution in [2.45, 2.75) is 18.4 Å². The van der Waals surface area contributed by atoms with Crippen molar-refractivity contribution < 1.29 is 9.84 Å². The second-order valence-electron chi connectivity index (χ2n) is 4.11. The van der Waals surface area contributed by atoms with Gasteiger partial charge in [-0.05, 0) is 28.8 Å². The lowest BCUT2D eigenvalue weighted by molar-refractivity contribution is 0.0377. The van der Waals surface area contributed by atoms with Crippen molar-refractivity contribution in [1.29, 1.82) is 0 Å². The Labute approximate surface area is 108 Å². The fourth-order valence-electron chi connectivity index (χ4n) is 1.81. The second-order valence-corrected chi connectivity index (χ2v) is 4.93. The SMILES string of the molecule is Nc1cc(Br)nc(NC2(CO)CCOCC2)n1. The van der Waals surface area contributed by atoms with Gasteiger partial charge in [-0.2, -0.15) is 4.98 Å². The molecule has 1 fully saturated rings. The Morgan fingerprint density at radius 2 is 2.18 bits per heavy atom. The summed E-state index contributed by atoms with van der Waals surface area (Å²) in [6.07, 6.45) is 1.44. The maximum absolute atomic E-state index is 9.52. The first-order chi connectivity index (χ1) is 8.13. The van der Waals surface area contributed by atoms with Crippen molar-refractivity contribution in [3.8, 4) is 0 Å². The minimum atomic E-state index is -0.411. The summed E-state index contributed by atoms with van der Waals surface area (Å²) in [6.45, 7) is 1.26. The average molecular weight is 303 g/mol. The Hall–Kier alpha value is -0.920. The first-order valence-corrected chi connectivity index (χ1v) is 6.20. The third-order valence-electron chi connectivity index (χ3n) is 2.84. The van der Waals surface area contributed by atoms with Gasteiger partial charge in [-0.3, -0.25) is 0 Å². The summed E-state index contributed by atoms with van der Waals surface area (Å²) in [5.41, 5.74) is 5.23. The number of nitrogen functional groups attached to an aromatic ring is 1. The van der Waals surface area contributed by atoms with Crippen LogP contribution in [-0.2, 0) is 4.74 Å². The molecule has 17 heavy (non-hydrogen) atoms. The largest absolute Gasteiger partial charge is 0.394 e. The predicted octanol–water partition coefficient (Wildman–Crippen LogP) is 0.775. The Bertz CT molecular complexity index is 376. The van der Waals surface area contributed by atoms with E-state index in [0.29, 0.717) is 29.6 Å². The van der Waals surface area contributed by atoms with Gasteiger partial charge in [0.2, 0.25) is 5.95 Å². The van der Waals surface area contributed by atoms with Gasteiger partial charge in [-0.15, -0.1) is 0 Å². The Morgan fingerprint density at radius 3 is 2.76 bits per heavy atom. The van der Waals surface area contributed by atoms with E-state index in [0.717, 1.165) is 12.8 Å². The number of nitrogens with zero attached hydrogens (tertiary/aromatic N) is 2. The van der Waals surface area contributed by atoms with Crippen LogP contribution in [0.25, 0.3) is 0 Å².